The van der Waals surface area contributed by atoms with E-state index in [2.05, 4.69) is 34.5 Å². The SMILES string of the molecule is CSc1cccc2sc(N3CCN(C(=O)c4cc(C)on4)CC3)nc12. The first-order chi connectivity index (χ1) is 12.2. The number of anilines is 1. The number of rotatable bonds is 3. The monoisotopic (exact) mass is 374 g/mol. The Kier molecular flexibility index (Phi) is 4.39. The highest BCUT2D eigenvalue weighted by Gasteiger charge is 2.25. The van der Waals surface area contributed by atoms with E-state index in [0.717, 1.165) is 23.7 Å². The first-order valence-corrected chi connectivity index (χ1v) is 10.1. The zero-order valence-corrected chi connectivity index (χ0v) is 15.7. The van der Waals surface area contributed by atoms with E-state index in [9.17, 15) is 4.79 Å². The number of aromatic nitrogens is 2. The summed E-state index contributed by atoms with van der Waals surface area (Å²) in [6, 6.07) is 7.98. The molecule has 0 bridgehead atoms. The number of aryl methyl sites for hydroxylation is 1. The molecule has 3 aromatic rings. The van der Waals surface area contributed by atoms with Gasteiger partial charge in [0.05, 0.1) is 10.2 Å². The third-order valence-corrected chi connectivity index (χ3v) is 6.13. The molecule has 3 heterocycles. The van der Waals surface area contributed by atoms with Gasteiger partial charge in [0.2, 0.25) is 0 Å². The van der Waals surface area contributed by atoms with Crippen LogP contribution in [0.5, 0.6) is 0 Å². The number of nitrogens with zero attached hydrogens (tertiary/aromatic N) is 4. The Bertz CT molecular complexity index is 912. The van der Waals surface area contributed by atoms with E-state index in [1.807, 2.05) is 4.90 Å². The Labute approximate surface area is 153 Å². The molecule has 0 atom stereocenters. The second-order valence-corrected chi connectivity index (χ2v) is 7.76. The van der Waals surface area contributed by atoms with Gasteiger partial charge in [-0.3, -0.25) is 4.79 Å². The molecule has 0 radical (unpaired) electrons. The molecule has 8 heteroatoms. The average molecular weight is 374 g/mol. The Hall–Kier alpha value is -2.06. The van der Waals surface area contributed by atoms with Crippen molar-refractivity contribution in [2.24, 2.45) is 0 Å². The van der Waals surface area contributed by atoms with Crippen LogP contribution < -0.4 is 4.90 Å². The number of piperazine rings is 1. The van der Waals surface area contributed by atoms with Crippen LogP contribution in [0.2, 0.25) is 0 Å². The van der Waals surface area contributed by atoms with Crippen molar-refractivity contribution in [2.75, 3.05) is 37.3 Å². The standard InChI is InChI=1S/C17H18N4O2S2/c1-11-10-12(19-23-11)16(22)20-6-8-21(9-7-20)17-18-15-13(24-2)4-3-5-14(15)25-17/h3-5,10H,6-9H2,1-2H3. The lowest BCUT2D eigenvalue weighted by Crippen LogP contribution is -2.48. The average Bonchev–Trinajstić information content (AvgIpc) is 3.27. The van der Waals surface area contributed by atoms with Crippen LogP contribution in [0.4, 0.5) is 5.13 Å². The van der Waals surface area contributed by atoms with Gasteiger partial charge in [0.25, 0.3) is 5.91 Å². The number of para-hydroxylation sites is 1. The normalized spacial score (nSPS) is 15.1. The van der Waals surface area contributed by atoms with Crippen molar-refractivity contribution in [3.63, 3.8) is 0 Å². The first kappa shape index (κ1) is 16.4. The maximum absolute atomic E-state index is 12.4. The first-order valence-electron chi connectivity index (χ1n) is 8.07. The minimum atomic E-state index is -0.0644. The fourth-order valence-corrected chi connectivity index (χ4v) is 4.61. The molecule has 1 fully saturated rings. The third-order valence-electron chi connectivity index (χ3n) is 4.28. The third kappa shape index (κ3) is 3.11. The number of thioether (sulfide) groups is 1. The number of hydrogen-bond donors (Lipinski definition) is 0. The van der Waals surface area contributed by atoms with Crippen LogP contribution in [-0.4, -0.2) is 53.4 Å². The Balaban J connectivity index is 1.47. The molecular formula is C17H18N4O2S2. The molecule has 1 aliphatic heterocycles. The highest BCUT2D eigenvalue weighted by Crippen LogP contribution is 2.34. The van der Waals surface area contributed by atoms with E-state index < -0.39 is 0 Å². The van der Waals surface area contributed by atoms with Crippen molar-refractivity contribution >= 4 is 44.4 Å². The number of hydrogen-bond acceptors (Lipinski definition) is 7. The molecule has 0 saturated carbocycles. The van der Waals surface area contributed by atoms with Crippen LogP contribution in [-0.2, 0) is 0 Å². The smallest absolute Gasteiger partial charge is 0.276 e. The van der Waals surface area contributed by atoms with E-state index in [1.165, 1.54) is 9.60 Å². The summed E-state index contributed by atoms with van der Waals surface area (Å²) >= 11 is 3.43. The molecule has 1 amide bonds. The molecule has 25 heavy (non-hydrogen) atoms. The molecule has 0 N–H and O–H groups in total. The van der Waals surface area contributed by atoms with Gasteiger partial charge in [0.1, 0.15) is 5.76 Å². The van der Waals surface area contributed by atoms with Gasteiger partial charge >= 0.3 is 0 Å². The second-order valence-electron chi connectivity index (χ2n) is 5.91. The van der Waals surface area contributed by atoms with Gasteiger partial charge in [-0.1, -0.05) is 22.6 Å². The predicted molar refractivity (Wildman–Crippen MR) is 101 cm³/mol. The van der Waals surface area contributed by atoms with Crippen LogP contribution in [0.3, 0.4) is 0 Å². The van der Waals surface area contributed by atoms with Crippen molar-refractivity contribution in [3.05, 3.63) is 35.7 Å². The fraction of sp³-hybridized carbons (Fsp3) is 0.353. The van der Waals surface area contributed by atoms with Gasteiger partial charge in [-0.05, 0) is 25.3 Å². The second kappa shape index (κ2) is 6.68. The van der Waals surface area contributed by atoms with Crippen molar-refractivity contribution in [1.82, 2.24) is 15.0 Å². The Morgan fingerprint density at radius 1 is 1.28 bits per heavy atom. The number of thiazole rings is 1. The van der Waals surface area contributed by atoms with Gasteiger partial charge in [0, 0.05) is 37.1 Å². The molecule has 4 rings (SSSR count). The van der Waals surface area contributed by atoms with Gasteiger partial charge < -0.3 is 14.3 Å². The number of fused-ring (bicyclic) bond motifs is 1. The minimum absolute atomic E-state index is 0.0644. The molecular weight excluding hydrogens is 356 g/mol. The highest BCUT2D eigenvalue weighted by atomic mass is 32.2. The molecule has 0 unspecified atom stereocenters. The Morgan fingerprint density at radius 2 is 2.08 bits per heavy atom. The molecule has 0 spiro atoms. The maximum Gasteiger partial charge on any atom is 0.276 e. The van der Waals surface area contributed by atoms with Crippen LogP contribution in [0, 0.1) is 6.92 Å². The fourth-order valence-electron chi connectivity index (χ4n) is 2.94. The van der Waals surface area contributed by atoms with Crippen LogP contribution in [0.25, 0.3) is 10.2 Å². The van der Waals surface area contributed by atoms with E-state index in [0.29, 0.717) is 24.5 Å². The van der Waals surface area contributed by atoms with Gasteiger partial charge in [-0.2, -0.15) is 0 Å². The summed E-state index contributed by atoms with van der Waals surface area (Å²) < 4.78 is 6.21. The highest BCUT2D eigenvalue weighted by molar-refractivity contribution is 7.98. The largest absolute Gasteiger partial charge is 0.361 e. The molecule has 1 aliphatic rings. The zero-order chi connectivity index (χ0) is 17.4. The molecule has 6 nitrogen and oxygen atoms in total. The minimum Gasteiger partial charge on any atom is -0.361 e. The van der Waals surface area contributed by atoms with Crippen LogP contribution in [0.15, 0.2) is 33.7 Å². The predicted octanol–water partition coefficient (Wildman–Crippen LogP) is 3.28. The number of carbonyl (C=O) groups is 1. The van der Waals surface area contributed by atoms with Crippen molar-refractivity contribution in [1.29, 1.82) is 0 Å². The topological polar surface area (TPSA) is 62.5 Å². The zero-order valence-electron chi connectivity index (χ0n) is 14.1. The lowest BCUT2D eigenvalue weighted by Gasteiger charge is -2.34. The van der Waals surface area contributed by atoms with E-state index >= 15 is 0 Å². The molecule has 1 saturated heterocycles. The maximum atomic E-state index is 12.4. The summed E-state index contributed by atoms with van der Waals surface area (Å²) in [7, 11) is 0. The molecule has 2 aromatic heterocycles. The number of benzene rings is 1. The Morgan fingerprint density at radius 3 is 2.76 bits per heavy atom. The molecule has 130 valence electrons. The van der Waals surface area contributed by atoms with Crippen molar-refractivity contribution < 1.29 is 9.32 Å². The molecule has 0 aliphatic carbocycles. The van der Waals surface area contributed by atoms with Gasteiger partial charge in [-0.25, -0.2) is 4.98 Å². The summed E-state index contributed by atoms with van der Waals surface area (Å²) in [5.41, 5.74) is 1.46. The quantitative estimate of drug-likeness (QED) is 0.656. The van der Waals surface area contributed by atoms with Gasteiger partial charge in [-0.15, -0.1) is 11.8 Å². The lowest BCUT2D eigenvalue weighted by atomic mass is 10.3. The van der Waals surface area contributed by atoms with E-state index in [1.54, 1.807) is 36.1 Å². The number of amides is 1. The van der Waals surface area contributed by atoms with Crippen molar-refractivity contribution in [2.45, 2.75) is 11.8 Å². The lowest BCUT2D eigenvalue weighted by molar-refractivity contribution is 0.0736. The summed E-state index contributed by atoms with van der Waals surface area (Å²) in [5, 5.41) is 4.85. The van der Waals surface area contributed by atoms with E-state index in [4.69, 9.17) is 9.51 Å². The summed E-state index contributed by atoms with van der Waals surface area (Å²) in [4.78, 5) is 22.6. The summed E-state index contributed by atoms with van der Waals surface area (Å²) in [5.74, 6) is 0.589. The van der Waals surface area contributed by atoms with Gasteiger partial charge in [0.15, 0.2) is 10.8 Å². The van der Waals surface area contributed by atoms with E-state index in [-0.39, 0.29) is 5.91 Å². The van der Waals surface area contributed by atoms with Crippen LogP contribution in [0.1, 0.15) is 16.2 Å². The van der Waals surface area contributed by atoms with Crippen molar-refractivity contribution in [3.8, 4) is 0 Å². The van der Waals surface area contributed by atoms with Crippen LogP contribution >= 0.6 is 23.1 Å². The summed E-state index contributed by atoms with van der Waals surface area (Å²) in [6.45, 7) is 4.66. The summed E-state index contributed by atoms with van der Waals surface area (Å²) in [6.07, 6.45) is 2.07. The molecule has 1 aromatic carbocycles. The number of carbonyl (C=O) groups excluding carboxylic acids is 1.